The quantitative estimate of drug-likeness (QED) is 0.303. The van der Waals surface area contributed by atoms with Crippen LogP contribution in [0.4, 0.5) is 13.2 Å². The van der Waals surface area contributed by atoms with E-state index in [9.17, 15) is 36.0 Å². The summed E-state index contributed by atoms with van der Waals surface area (Å²) in [5, 5.41) is 3.50. The minimum atomic E-state index is -5.30. The summed E-state index contributed by atoms with van der Waals surface area (Å²) in [6.45, 7) is 5.08. The Morgan fingerprint density at radius 2 is 1.77 bits per heavy atom. The summed E-state index contributed by atoms with van der Waals surface area (Å²) < 4.78 is 70.5. The highest BCUT2D eigenvalue weighted by atomic mass is 32.2. The molecule has 2 aromatic rings. The molecule has 1 saturated carbocycles. The van der Waals surface area contributed by atoms with Gasteiger partial charge in [-0.1, -0.05) is 38.1 Å². The van der Waals surface area contributed by atoms with Crippen molar-refractivity contribution < 1.29 is 40.7 Å². The van der Waals surface area contributed by atoms with Gasteiger partial charge in [0, 0.05) is 29.8 Å². The van der Waals surface area contributed by atoms with Gasteiger partial charge in [-0.2, -0.15) is 13.2 Å². The molecule has 2 fully saturated rings. The SMILES string of the molecule is CC(C)CN[C@@H]1CC[C@H](N2CC[C@@H](c3c(OC(=O)C(F)(F)F)cccc3C(N)=O)C2=O)[C@H](CS(=O)(=O)c2ccccc2)C1. The summed E-state index contributed by atoms with van der Waals surface area (Å²) in [6.07, 6.45) is -3.48. The van der Waals surface area contributed by atoms with Crippen molar-refractivity contribution in [1.82, 2.24) is 10.2 Å². The van der Waals surface area contributed by atoms with Crippen molar-refractivity contribution in [3.05, 3.63) is 59.7 Å². The van der Waals surface area contributed by atoms with Crippen molar-refractivity contribution in [2.45, 2.75) is 68.6 Å². The highest BCUT2D eigenvalue weighted by molar-refractivity contribution is 7.91. The van der Waals surface area contributed by atoms with Gasteiger partial charge >= 0.3 is 12.1 Å². The molecule has 9 nitrogen and oxygen atoms in total. The van der Waals surface area contributed by atoms with E-state index in [0.29, 0.717) is 25.2 Å². The molecule has 1 aliphatic carbocycles. The maximum absolute atomic E-state index is 13.9. The van der Waals surface area contributed by atoms with Gasteiger partial charge < -0.3 is 20.7 Å². The van der Waals surface area contributed by atoms with Gasteiger partial charge in [0.1, 0.15) is 5.75 Å². The molecule has 4 rings (SSSR count). The summed E-state index contributed by atoms with van der Waals surface area (Å²) in [4.78, 5) is 39.6. The van der Waals surface area contributed by atoms with E-state index in [1.807, 2.05) is 0 Å². The van der Waals surface area contributed by atoms with E-state index in [-0.39, 0.29) is 40.8 Å². The Labute approximate surface area is 248 Å². The van der Waals surface area contributed by atoms with Gasteiger partial charge in [-0.25, -0.2) is 13.2 Å². The molecular formula is C30H36F3N3O6S. The smallest absolute Gasteiger partial charge is 0.420 e. The normalized spacial score (nSPS) is 23.0. The number of carbonyl (C=O) groups is 3. The minimum Gasteiger partial charge on any atom is -0.420 e. The molecule has 43 heavy (non-hydrogen) atoms. The molecule has 0 radical (unpaired) electrons. The molecule has 0 bridgehead atoms. The van der Waals surface area contributed by atoms with E-state index in [0.717, 1.165) is 12.6 Å². The molecule has 2 amide bonds. The summed E-state index contributed by atoms with van der Waals surface area (Å²) in [5.74, 6) is -5.88. The van der Waals surface area contributed by atoms with E-state index in [1.165, 1.54) is 24.3 Å². The number of rotatable bonds is 10. The first-order valence-electron chi connectivity index (χ1n) is 14.2. The number of nitrogens with zero attached hydrogens (tertiary/aromatic N) is 1. The summed E-state index contributed by atoms with van der Waals surface area (Å²) in [5.41, 5.74) is 5.10. The summed E-state index contributed by atoms with van der Waals surface area (Å²) >= 11 is 0. The Morgan fingerprint density at radius 1 is 1.07 bits per heavy atom. The molecule has 2 aromatic carbocycles. The molecule has 0 unspecified atom stereocenters. The van der Waals surface area contributed by atoms with Crippen molar-refractivity contribution in [2.75, 3.05) is 18.8 Å². The van der Waals surface area contributed by atoms with Crippen molar-refractivity contribution in [2.24, 2.45) is 17.6 Å². The first kappa shape index (κ1) is 32.5. The first-order chi connectivity index (χ1) is 20.2. The van der Waals surface area contributed by atoms with Crippen LogP contribution in [0.5, 0.6) is 5.75 Å². The number of primary amides is 1. The van der Waals surface area contributed by atoms with Gasteiger partial charge in [0.05, 0.1) is 16.6 Å². The van der Waals surface area contributed by atoms with E-state index in [1.54, 1.807) is 23.1 Å². The maximum atomic E-state index is 13.9. The molecule has 1 aliphatic heterocycles. The van der Waals surface area contributed by atoms with E-state index >= 15 is 0 Å². The first-order valence-corrected chi connectivity index (χ1v) is 15.9. The predicted molar refractivity (Wildman–Crippen MR) is 152 cm³/mol. The molecule has 1 saturated heterocycles. The van der Waals surface area contributed by atoms with Crippen molar-refractivity contribution in [3.8, 4) is 5.75 Å². The minimum absolute atomic E-state index is 0.0482. The molecule has 3 N–H and O–H groups in total. The number of hydrogen-bond donors (Lipinski definition) is 2. The number of ether oxygens (including phenoxy) is 1. The summed E-state index contributed by atoms with van der Waals surface area (Å²) in [6, 6.07) is 11.2. The number of nitrogens with two attached hydrogens (primary N) is 1. The Kier molecular flexibility index (Phi) is 9.85. The van der Waals surface area contributed by atoms with Crippen LogP contribution in [0, 0.1) is 11.8 Å². The zero-order valence-corrected chi connectivity index (χ0v) is 24.8. The zero-order chi connectivity index (χ0) is 31.5. The van der Waals surface area contributed by atoms with Crippen LogP contribution in [0.2, 0.25) is 0 Å². The molecular weight excluding hydrogens is 587 g/mol. The van der Waals surface area contributed by atoms with Crippen molar-refractivity contribution in [1.29, 1.82) is 0 Å². The largest absolute Gasteiger partial charge is 0.491 e. The lowest BCUT2D eigenvalue weighted by Crippen LogP contribution is -2.51. The van der Waals surface area contributed by atoms with Gasteiger partial charge in [-0.3, -0.25) is 9.59 Å². The number of amides is 2. The van der Waals surface area contributed by atoms with Gasteiger partial charge in [0.25, 0.3) is 0 Å². The second kappa shape index (κ2) is 13.0. The Hall–Kier alpha value is -3.45. The fraction of sp³-hybridized carbons (Fsp3) is 0.500. The van der Waals surface area contributed by atoms with Crippen LogP contribution in [-0.4, -0.2) is 68.2 Å². The van der Waals surface area contributed by atoms with E-state index < -0.39 is 57.4 Å². The third-order valence-electron chi connectivity index (χ3n) is 8.05. The van der Waals surface area contributed by atoms with Crippen molar-refractivity contribution >= 4 is 27.6 Å². The standard InChI is InChI=1S/C30H36F3N3O6S/c1-18(2)16-35-20-11-12-24(19(15-20)17-43(40,41)21-7-4-3-5-8-21)36-14-13-23(28(36)38)26-22(27(34)37)9-6-10-25(26)42-29(39)30(31,32)33/h3-10,18-20,23-24,35H,11-17H2,1-2H3,(H2,34,37)/t19-,20+,23-,24-/m0/s1. The lowest BCUT2D eigenvalue weighted by molar-refractivity contribution is -0.189. The number of esters is 1. The fourth-order valence-electron chi connectivity index (χ4n) is 6.10. The van der Waals surface area contributed by atoms with Crippen LogP contribution in [0.3, 0.4) is 0 Å². The lowest BCUT2D eigenvalue weighted by Gasteiger charge is -2.41. The summed E-state index contributed by atoms with van der Waals surface area (Å²) in [7, 11) is -3.70. The number of nitrogens with one attached hydrogen (secondary N) is 1. The topological polar surface area (TPSA) is 136 Å². The molecule has 234 valence electrons. The zero-order valence-electron chi connectivity index (χ0n) is 24.0. The third-order valence-corrected chi connectivity index (χ3v) is 9.90. The monoisotopic (exact) mass is 623 g/mol. The second-order valence-corrected chi connectivity index (χ2v) is 13.6. The number of benzene rings is 2. The van der Waals surface area contributed by atoms with Crippen LogP contribution < -0.4 is 15.8 Å². The molecule has 0 aromatic heterocycles. The average Bonchev–Trinajstić information content (AvgIpc) is 3.32. The number of halogens is 3. The van der Waals surface area contributed by atoms with Gasteiger partial charge in [0.2, 0.25) is 11.8 Å². The van der Waals surface area contributed by atoms with Crippen LogP contribution in [0.15, 0.2) is 53.4 Å². The lowest BCUT2D eigenvalue weighted by atomic mass is 9.81. The Morgan fingerprint density at radius 3 is 2.40 bits per heavy atom. The van der Waals surface area contributed by atoms with Gasteiger partial charge in [-0.15, -0.1) is 0 Å². The predicted octanol–water partition coefficient (Wildman–Crippen LogP) is 3.83. The highest BCUT2D eigenvalue weighted by Crippen LogP contribution is 2.41. The molecule has 4 atom stereocenters. The molecule has 13 heteroatoms. The maximum Gasteiger partial charge on any atom is 0.491 e. The number of hydrogen-bond acceptors (Lipinski definition) is 7. The number of carbonyl (C=O) groups excluding carboxylic acids is 3. The van der Waals surface area contributed by atoms with E-state index in [4.69, 9.17) is 5.73 Å². The molecule has 2 aliphatic rings. The Bertz CT molecular complexity index is 1450. The Balaban J connectivity index is 1.64. The number of alkyl halides is 3. The van der Waals surface area contributed by atoms with Crippen LogP contribution in [0.25, 0.3) is 0 Å². The van der Waals surface area contributed by atoms with Gasteiger partial charge in [0.15, 0.2) is 9.84 Å². The van der Waals surface area contributed by atoms with E-state index in [2.05, 4.69) is 23.9 Å². The average molecular weight is 624 g/mol. The number of likely N-dealkylation sites (tertiary alicyclic amines) is 1. The fourth-order valence-corrected chi connectivity index (χ4v) is 7.78. The number of sulfone groups is 1. The van der Waals surface area contributed by atoms with Crippen LogP contribution >= 0.6 is 0 Å². The van der Waals surface area contributed by atoms with Crippen LogP contribution in [0.1, 0.15) is 61.4 Å². The molecule has 1 heterocycles. The van der Waals surface area contributed by atoms with Crippen LogP contribution in [-0.2, 0) is 19.4 Å². The highest BCUT2D eigenvalue weighted by Gasteiger charge is 2.46. The third kappa shape index (κ3) is 7.56. The van der Waals surface area contributed by atoms with Gasteiger partial charge in [-0.05, 0) is 68.3 Å². The molecule has 0 spiro atoms. The second-order valence-electron chi connectivity index (χ2n) is 11.6. The van der Waals surface area contributed by atoms with Crippen molar-refractivity contribution in [3.63, 3.8) is 0 Å².